The Morgan fingerprint density at radius 2 is 1.87 bits per heavy atom. The topological polar surface area (TPSA) is 0 Å². The molecule has 0 aromatic rings. The van der Waals surface area contributed by atoms with E-state index in [1.807, 2.05) is 0 Å². The Balaban J connectivity index is 1.55. The highest BCUT2D eigenvalue weighted by Gasteiger charge is 2.56. The molecule has 4 aliphatic rings. The van der Waals surface area contributed by atoms with Crippen LogP contribution in [0.15, 0.2) is 12.2 Å². The molecule has 0 amide bonds. The number of hydrogen-bond acceptors (Lipinski definition) is 0. The van der Waals surface area contributed by atoms with Gasteiger partial charge in [-0.2, -0.15) is 0 Å². The summed E-state index contributed by atoms with van der Waals surface area (Å²) in [5.41, 5.74) is 2.17. The average molecular weight is 333 g/mol. The summed E-state index contributed by atoms with van der Waals surface area (Å²) in [6, 6.07) is 0. The van der Waals surface area contributed by atoms with Gasteiger partial charge in [0.25, 0.3) is 0 Å². The zero-order chi connectivity index (χ0) is 16.2. The minimum absolute atomic E-state index is 0.389. The predicted octanol–water partition coefficient (Wildman–Crippen LogP) is 6.55. The van der Waals surface area contributed by atoms with Crippen LogP contribution in [0.5, 0.6) is 0 Å². The third-order valence-electron chi connectivity index (χ3n) is 8.86. The molecule has 130 valence electrons. The zero-order valence-corrected chi connectivity index (χ0v) is 16.6. The van der Waals surface area contributed by atoms with E-state index < -0.39 is 0 Å². The second kappa shape index (κ2) is 6.16. The van der Waals surface area contributed by atoms with Crippen molar-refractivity contribution >= 4 is 7.92 Å². The lowest BCUT2D eigenvalue weighted by Gasteiger charge is -2.56. The van der Waals surface area contributed by atoms with Gasteiger partial charge in [0.05, 0.1) is 0 Å². The first-order valence-electron chi connectivity index (χ1n) is 10.4. The summed E-state index contributed by atoms with van der Waals surface area (Å²) in [7, 11) is 0.389. The molecule has 1 aliphatic heterocycles. The van der Waals surface area contributed by atoms with Gasteiger partial charge in [-0.3, -0.25) is 0 Å². The molecule has 8 unspecified atom stereocenters. The van der Waals surface area contributed by atoms with Crippen molar-refractivity contribution in [3.05, 3.63) is 12.2 Å². The maximum atomic E-state index is 4.47. The fraction of sp³-hybridized carbons (Fsp3) is 0.909. The Bertz CT molecular complexity index is 469. The van der Waals surface area contributed by atoms with Gasteiger partial charge in [-0.05, 0) is 111 Å². The summed E-state index contributed by atoms with van der Waals surface area (Å²) < 4.78 is 0. The van der Waals surface area contributed by atoms with Crippen molar-refractivity contribution in [3.8, 4) is 0 Å². The Kier molecular flexibility index (Phi) is 4.45. The van der Waals surface area contributed by atoms with Crippen LogP contribution in [0.3, 0.4) is 0 Å². The summed E-state index contributed by atoms with van der Waals surface area (Å²) in [5, 5.41) is 0. The lowest BCUT2D eigenvalue weighted by Crippen LogP contribution is -2.48. The number of hydrogen-bond donors (Lipinski definition) is 0. The molecule has 0 radical (unpaired) electrons. The number of fused-ring (bicyclic) bond motifs is 5. The van der Waals surface area contributed by atoms with Crippen LogP contribution in [0.4, 0.5) is 0 Å². The van der Waals surface area contributed by atoms with Crippen LogP contribution in [-0.4, -0.2) is 19.0 Å². The van der Waals surface area contributed by atoms with Gasteiger partial charge in [0.15, 0.2) is 0 Å². The molecular weight excluding hydrogens is 295 g/mol. The summed E-state index contributed by atoms with van der Waals surface area (Å²) >= 11 is 0. The summed E-state index contributed by atoms with van der Waals surface area (Å²) in [6.07, 6.45) is 15.1. The fourth-order valence-corrected chi connectivity index (χ4v) is 9.86. The first-order chi connectivity index (χ1) is 11.0. The molecule has 0 bridgehead atoms. The van der Waals surface area contributed by atoms with Crippen molar-refractivity contribution in [2.75, 3.05) is 19.0 Å². The number of rotatable bonds is 2. The van der Waals surface area contributed by atoms with E-state index in [4.69, 9.17) is 0 Å². The van der Waals surface area contributed by atoms with E-state index in [1.165, 1.54) is 25.7 Å². The molecule has 0 nitrogen and oxygen atoms in total. The molecule has 4 fully saturated rings. The SMILES string of the molecule is C=C(CC)C1CCC2C3CCC4CP(C)CCC4C3CCC12C. The van der Waals surface area contributed by atoms with Crippen molar-refractivity contribution in [2.24, 2.45) is 40.9 Å². The van der Waals surface area contributed by atoms with Crippen LogP contribution in [-0.2, 0) is 0 Å². The van der Waals surface area contributed by atoms with Gasteiger partial charge in [-0.25, -0.2) is 0 Å². The van der Waals surface area contributed by atoms with Gasteiger partial charge >= 0.3 is 0 Å². The molecule has 1 heteroatoms. The van der Waals surface area contributed by atoms with Crippen LogP contribution < -0.4 is 0 Å². The van der Waals surface area contributed by atoms with E-state index in [0.29, 0.717) is 13.3 Å². The van der Waals surface area contributed by atoms with Gasteiger partial charge < -0.3 is 0 Å². The molecule has 0 N–H and O–H groups in total. The standard InChI is InChI=1S/C22H37P/c1-5-15(2)20-8-9-21-19-7-6-16-14-23(4)13-11-17(16)18(19)10-12-22(20,21)3/h16-21H,2,5-14H2,1,3-4H3. The molecule has 3 saturated carbocycles. The molecule has 3 aliphatic carbocycles. The lowest BCUT2D eigenvalue weighted by atomic mass is 9.50. The van der Waals surface area contributed by atoms with Gasteiger partial charge in [0, 0.05) is 0 Å². The van der Waals surface area contributed by atoms with Crippen molar-refractivity contribution in [2.45, 2.75) is 65.2 Å². The molecule has 0 spiro atoms. The van der Waals surface area contributed by atoms with Gasteiger partial charge in [-0.1, -0.05) is 26.0 Å². The fourth-order valence-electron chi connectivity index (χ4n) is 7.69. The first kappa shape index (κ1) is 16.6. The van der Waals surface area contributed by atoms with E-state index in [-0.39, 0.29) is 0 Å². The second-order valence-electron chi connectivity index (χ2n) is 9.67. The largest absolute Gasteiger partial charge is 0.110 e. The predicted molar refractivity (Wildman–Crippen MR) is 103 cm³/mol. The zero-order valence-electron chi connectivity index (χ0n) is 15.7. The minimum atomic E-state index is 0.389. The molecular formula is C22H37P. The third kappa shape index (κ3) is 2.58. The highest BCUT2D eigenvalue weighted by Crippen LogP contribution is 2.65. The molecule has 23 heavy (non-hydrogen) atoms. The van der Waals surface area contributed by atoms with Crippen molar-refractivity contribution < 1.29 is 0 Å². The summed E-state index contributed by atoms with van der Waals surface area (Å²) in [6.45, 7) is 12.0. The Hall–Kier alpha value is 0.170. The van der Waals surface area contributed by atoms with E-state index in [2.05, 4.69) is 27.1 Å². The van der Waals surface area contributed by atoms with Crippen LogP contribution in [0, 0.1) is 40.9 Å². The van der Waals surface area contributed by atoms with E-state index in [0.717, 1.165) is 35.5 Å². The Morgan fingerprint density at radius 1 is 1.04 bits per heavy atom. The lowest BCUT2D eigenvalue weighted by molar-refractivity contribution is -0.0456. The highest BCUT2D eigenvalue weighted by molar-refractivity contribution is 7.56. The van der Waals surface area contributed by atoms with Crippen LogP contribution in [0.1, 0.15) is 65.2 Å². The minimum Gasteiger partial charge on any atom is -0.110 e. The molecule has 8 atom stereocenters. The normalized spacial score (nSPS) is 52.4. The molecule has 0 aromatic heterocycles. The molecule has 4 rings (SSSR count). The molecule has 1 heterocycles. The smallest absolute Gasteiger partial charge is 0.0149 e. The van der Waals surface area contributed by atoms with E-state index in [9.17, 15) is 0 Å². The quantitative estimate of drug-likeness (QED) is 0.397. The second-order valence-corrected chi connectivity index (χ2v) is 12.2. The van der Waals surface area contributed by atoms with Crippen LogP contribution in [0.2, 0.25) is 0 Å². The van der Waals surface area contributed by atoms with E-state index in [1.54, 1.807) is 43.6 Å². The maximum Gasteiger partial charge on any atom is -0.0149 e. The first-order valence-corrected chi connectivity index (χ1v) is 12.6. The molecule has 0 aromatic carbocycles. The average Bonchev–Trinajstić information content (AvgIpc) is 2.90. The molecule has 1 saturated heterocycles. The van der Waals surface area contributed by atoms with Gasteiger partial charge in [0.2, 0.25) is 0 Å². The maximum absolute atomic E-state index is 4.47. The van der Waals surface area contributed by atoms with E-state index >= 15 is 0 Å². The van der Waals surface area contributed by atoms with Crippen molar-refractivity contribution in [1.82, 2.24) is 0 Å². The third-order valence-corrected chi connectivity index (χ3v) is 11.0. The van der Waals surface area contributed by atoms with Crippen LogP contribution in [0.25, 0.3) is 0 Å². The Labute approximate surface area is 145 Å². The summed E-state index contributed by atoms with van der Waals surface area (Å²) in [4.78, 5) is 0. The van der Waals surface area contributed by atoms with Crippen molar-refractivity contribution in [3.63, 3.8) is 0 Å². The van der Waals surface area contributed by atoms with Crippen LogP contribution >= 0.6 is 7.92 Å². The van der Waals surface area contributed by atoms with Gasteiger partial charge in [0.1, 0.15) is 0 Å². The summed E-state index contributed by atoms with van der Waals surface area (Å²) in [5.74, 6) is 6.28. The van der Waals surface area contributed by atoms with Crippen molar-refractivity contribution in [1.29, 1.82) is 0 Å². The highest BCUT2D eigenvalue weighted by atomic mass is 31.1. The Morgan fingerprint density at radius 3 is 2.65 bits per heavy atom. The van der Waals surface area contributed by atoms with Gasteiger partial charge in [-0.15, -0.1) is 7.92 Å². The number of allylic oxidation sites excluding steroid dienone is 1. The monoisotopic (exact) mass is 332 g/mol.